The van der Waals surface area contributed by atoms with E-state index in [1.54, 1.807) is 7.11 Å². The van der Waals surface area contributed by atoms with Crippen molar-refractivity contribution in [2.45, 2.75) is 7.71 Å². The van der Waals surface area contributed by atoms with Crippen molar-refractivity contribution < 1.29 is 4.74 Å². The van der Waals surface area contributed by atoms with E-state index in [1.165, 1.54) is 4.90 Å². The number of hydrogen-bond acceptors (Lipinski definition) is 4. The second-order valence-corrected chi connectivity index (χ2v) is 9.82. The number of amidine groups is 2. The van der Waals surface area contributed by atoms with Crippen molar-refractivity contribution in [3.63, 3.8) is 0 Å². The van der Waals surface area contributed by atoms with Crippen LogP contribution in [0.2, 0.25) is 0 Å². The number of halogens is 6. The monoisotopic (exact) mass is 471 g/mol. The standard InChI is InChI=1S/C16H11Cl6N3O/c1-26-12-7-6-11(9-4-2-3-5-10(9)12)13-23-8-25(16(20,21)22)14(24-13)15(17,18)19/h2-7H,8H2,1H3. The Kier molecular flexibility index (Phi) is 5.74. The molecule has 0 amide bonds. The normalized spacial score (nSPS) is 15.7. The average molecular weight is 474 g/mol. The van der Waals surface area contributed by atoms with Gasteiger partial charge in [-0.1, -0.05) is 93.9 Å². The minimum absolute atomic E-state index is 0.0209. The van der Waals surface area contributed by atoms with Gasteiger partial charge < -0.3 is 4.74 Å². The van der Waals surface area contributed by atoms with Gasteiger partial charge in [0.15, 0.2) is 11.7 Å². The zero-order valence-electron chi connectivity index (χ0n) is 13.2. The van der Waals surface area contributed by atoms with E-state index in [0.29, 0.717) is 5.84 Å². The lowest BCUT2D eigenvalue weighted by molar-refractivity contribution is 0.420. The van der Waals surface area contributed by atoms with Gasteiger partial charge in [-0.05, 0) is 17.5 Å². The molecule has 138 valence electrons. The summed E-state index contributed by atoms with van der Waals surface area (Å²) in [6.45, 7) is -0.0288. The fourth-order valence-corrected chi connectivity index (χ4v) is 3.44. The first-order valence-electron chi connectivity index (χ1n) is 7.23. The molecule has 0 saturated heterocycles. The van der Waals surface area contributed by atoms with Crippen LogP contribution in [0.25, 0.3) is 10.8 Å². The van der Waals surface area contributed by atoms with Crippen molar-refractivity contribution >= 4 is 92.0 Å². The SMILES string of the molecule is COc1ccc(C2=NCN(C(Cl)(Cl)Cl)C(C(Cl)(Cl)Cl)=N2)c2ccccc12. The van der Waals surface area contributed by atoms with E-state index in [-0.39, 0.29) is 12.5 Å². The molecule has 0 aliphatic carbocycles. The summed E-state index contributed by atoms with van der Waals surface area (Å²) in [4.78, 5) is 9.98. The Hall–Kier alpha value is -0.620. The quantitative estimate of drug-likeness (QED) is 0.398. The molecule has 1 aliphatic rings. The molecule has 3 rings (SSSR count). The van der Waals surface area contributed by atoms with Crippen LogP contribution in [0.4, 0.5) is 0 Å². The Bertz CT molecular complexity index is 901. The van der Waals surface area contributed by atoms with Crippen LogP contribution in [0.3, 0.4) is 0 Å². The summed E-state index contributed by atoms with van der Waals surface area (Å²) >= 11 is 36.0. The van der Waals surface area contributed by atoms with Crippen LogP contribution in [0.1, 0.15) is 5.56 Å². The molecule has 1 heterocycles. The molecule has 0 fully saturated rings. The lowest BCUT2D eigenvalue weighted by Gasteiger charge is -2.35. The maximum Gasteiger partial charge on any atom is 0.270 e. The molecule has 2 aromatic carbocycles. The lowest BCUT2D eigenvalue weighted by Crippen LogP contribution is -2.49. The van der Waals surface area contributed by atoms with Crippen molar-refractivity contribution in [2.24, 2.45) is 9.98 Å². The van der Waals surface area contributed by atoms with E-state index < -0.39 is 7.71 Å². The van der Waals surface area contributed by atoms with E-state index in [2.05, 4.69) is 9.98 Å². The lowest BCUT2D eigenvalue weighted by atomic mass is 10.0. The second-order valence-electron chi connectivity index (χ2n) is 5.31. The number of aliphatic imine (C=N–C) groups is 2. The maximum absolute atomic E-state index is 6.04. The summed E-state index contributed by atoms with van der Waals surface area (Å²) in [5, 5.41) is 1.80. The van der Waals surface area contributed by atoms with Gasteiger partial charge in [-0.2, -0.15) is 0 Å². The molecule has 26 heavy (non-hydrogen) atoms. The maximum atomic E-state index is 6.04. The zero-order chi connectivity index (χ0) is 19.1. The van der Waals surface area contributed by atoms with Crippen molar-refractivity contribution in [2.75, 3.05) is 13.8 Å². The summed E-state index contributed by atoms with van der Waals surface area (Å²) in [6, 6.07) is 11.4. The zero-order valence-corrected chi connectivity index (χ0v) is 17.7. The van der Waals surface area contributed by atoms with Crippen LogP contribution in [0.5, 0.6) is 5.75 Å². The molecule has 0 unspecified atom stereocenters. The number of methoxy groups -OCH3 is 1. The molecule has 0 atom stereocenters. The van der Waals surface area contributed by atoms with Gasteiger partial charge in [0.2, 0.25) is 3.79 Å². The molecular weight excluding hydrogens is 463 g/mol. The number of nitrogens with zero attached hydrogens (tertiary/aromatic N) is 3. The second kappa shape index (κ2) is 7.42. The highest BCUT2D eigenvalue weighted by atomic mass is 35.6. The third kappa shape index (κ3) is 3.96. The molecule has 4 nitrogen and oxygen atoms in total. The molecular formula is C16H11Cl6N3O. The fourth-order valence-electron chi connectivity index (χ4n) is 2.61. The highest BCUT2D eigenvalue weighted by Crippen LogP contribution is 2.40. The van der Waals surface area contributed by atoms with Gasteiger partial charge >= 0.3 is 0 Å². The first-order valence-corrected chi connectivity index (χ1v) is 9.50. The molecule has 0 N–H and O–H groups in total. The Morgan fingerprint density at radius 2 is 1.62 bits per heavy atom. The Morgan fingerprint density at radius 1 is 0.962 bits per heavy atom. The van der Waals surface area contributed by atoms with Crippen LogP contribution >= 0.6 is 69.6 Å². The molecule has 2 aromatic rings. The molecule has 10 heteroatoms. The first-order chi connectivity index (χ1) is 12.1. The van der Waals surface area contributed by atoms with Crippen LogP contribution in [0.15, 0.2) is 46.4 Å². The largest absolute Gasteiger partial charge is 0.496 e. The van der Waals surface area contributed by atoms with Crippen LogP contribution in [0, 0.1) is 0 Å². The summed E-state index contributed by atoms with van der Waals surface area (Å²) in [6.07, 6.45) is 0. The van der Waals surface area contributed by atoms with E-state index in [4.69, 9.17) is 74.3 Å². The Labute approximate surface area is 180 Å². The summed E-state index contributed by atoms with van der Waals surface area (Å²) < 4.78 is 1.65. The highest BCUT2D eigenvalue weighted by Gasteiger charge is 2.43. The van der Waals surface area contributed by atoms with Crippen molar-refractivity contribution in [1.82, 2.24) is 4.90 Å². The average Bonchev–Trinajstić information content (AvgIpc) is 2.58. The van der Waals surface area contributed by atoms with E-state index in [1.807, 2.05) is 36.4 Å². The minimum atomic E-state index is -1.90. The van der Waals surface area contributed by atoms with Gasteiger partial charge in [-0.3, -0.25) is 4.90 Å². The first kappa shape index (κ1) is 20.1. The Balaban J connectivity index is 2.16. The van der Waals surface area contributed by atoms with Crippen LogP contribution in [-0.4, -0.2) is 38.1 Å². The molecule has 0 saturated carbocycles. The molecule has 1 aliphatic heterocycles. The number of hydrogen-bond donors (Lipinski definition) is 0. The topological polar surface area (TPSA) is 37.2 Å². The van der Waals surface area contributed by atoms with Gasteiger partial charge in [-0.15, -0.1) is 0 Å². The van der Waals surface area contributed by atoms with Gasteiger partial charge in [0.1, 0.15) is 12.4 Å². The predicted octanol–water partition coefficient (Wildman–Crippen LogP) is 5.96. The Morgan fingerprint density at radius 3 is 2.19 bits per heavy atom. The van der Waals surface area contributed by atoms with Crippen LogP contribution < -0.4 is 4.74 Å². The minimum Gasteiger partial charge on any atom is -0.496 e. The van der Waals surface area contributed by atoms with Crippen LogP contribution in [-0.2, 0) is 0 Å². The third-order valence-corrected chi connectivity index (χ3v) is 4.85. The molecule has 0 spiro atoms. The van der Waals surface area contributed by atoms with Crippen molar-refractivity contribution in [1.29, 1.82) is 0 Å². The van der Waals surface area contributed by atoms with Crippen molar-refractivity contribution in [3.05, 3.63) is 42.0 Å². The summed E-state index contributed by atoms with van der Waals surface area (Å²) in [5.74, 6) is 1.08. The predicted molar refractivity (Wildman–Crippen MR) is 112 cm³/mol. The summed E-state index contributed by atoms with van der Waals surface area (Å²) in [5.41, 5.74) is 0.747. The molecule has 0 bridgehead atoms. The van der Waals surface area contributed by atoms with Gasteiger partial charge in [-0.25, -0.2) is 9.98 Å². The summed E-state index contributed by atoms with van der Waals surface area (Å²) in [7, 11) is 1.61. The van der Waals surface area contributed by atoms with E-state index in [9.17, 15) is 0 Å². The van der Waals surface area contributed by atoms with Gasteiger partial charge in [0, 0.05) is 10.9 Å². The molecule has 0 aromatic heterocycles. The number of rotatable bonds is 2. The highest BCUT2D eigenvalue weighted by molar-refractivity contribution is 6.77. The van der Waals surface area contributed by atoms with Crippen molar-refractivity contribution in [3.8, 4) is 5.75 Å². The smallest absolute Gasteiger partial charge is 0.270 e. The fraction of sp³-hybridized carbons (Fsp3) is 0.250. The number of ether oxygens (including phenoxy) is 1. The number of alkyl halides is 6. The number of benzene rings is 2. The van der Waals surface area contributed by atoms with Gasteiger partial charge in [0.25, 0.3) is 3.92 Å². The number of fused-ring (bicyclic) bond motifs is 1. The van der Waals surface area contributed by atoms with E-state index in [0.717, 1.165) is 22.1 Å². The van der Waals surface area contributed by atoms with Gasteiger partial charge in [0.05, 0.1) is 7.11 Å². The molecule has 0 radical (unpaired) electrons. The third-order valence-electron chi connectivity index (χ3n) is 3.73. The van der Waals surface area contributed by atoms with E-state index >= 15 is 0 Å².